The van der Waals surface area contributed by atoms with E-state index < -0.39 is 0 Å². The first-order valence-electron chi connectivity index (χ1n) is 6.52. The van der Waals surface area contributed by atoms with Crippen molar-refractivity contribution in [3.8, 4) is 0 Å². The summed E-state index contributed by atoms with van der Waals surface area (Å²) in [6.07, 6.45) is 1.11. The predicted molar refractivity (Wildman–Crippen MR) is 74.5 cm³/mol. The van der Waals surface area contributed by atoms with Crippen molar-refractivity contribution in [2.45, 2.75) is 53.0 Å². The van der Waals surface area contributed by atoms with Gasteiger partial charge in [0.1, 0.15) is 0 Å². The van der Waals surface area contributed by atoms with Crippen LogP contribution in [0.3, 0.4) is 0 Å². The van der Waals surface area contributed by atoms with Gasteiger partial charge in [-0.25, -0.2) is 0 Å². The number of nitrogens with zero attached hydrogens (tertiary/aromatic N) is 3. The Hall–Kier alpha value is -1.19. The standard InChI is InChI=1S/C13H26N4/c1-7-10(5)17(8-2)13-11(14)12(9(3)4)15-16(13)6/h9-10H,7-8,14H2,1-6H3. The summed E-state index contributed by atoms with van der Waals surface area (Å²) in [4.78, 5) is 2.33. The van der Waals surface area contributed by atoms with Crippen molar-refractivity contribution in [1.82, 2.24) is 9.78 Å². The van der Waals surface area contributed by atoms with E-state index in [1.54, 1.807) is 0 Å². The number of anilines is 2. The molecule has 2 N–H and O–H groups in total. The number of nitrogens with two attached hydrogens (primary N) is 1. The van der Waals surface area contributed by atoms with E-state index in [4.69, 9.17) is 5.73 Å². The molecule has 0 saturated carbocycles. The first-order chi connectivity index (χ1) is 7.93. The predicted octanol–water partition coefficient (Wildman–Crippen LogP) is 2.75. The van der Waals surface area contributed by atoms with Gasteiger partial charge in [0.2, 0.25) is 0 Å². The summed E-state index contributed by atoms with van der Waals surface area (Å²) in [7, 11) is 1.97. The maximum absolute atomic E-state index is 6.25. The Morgan fingerprint density at radius 3 is 2.24 bits per heavy atom. The van der Waals surface area contributed by atoms with Crippen LogP contribution >= 0.6 is 0 Å². The number of nitrogen functional groups attached to an aromatic ring is 1. The van der Waals surface area contributed by atoms with Crippen LogP contribution in [0, 0.1) is 0 Å². The second kappa shape index (κ2) is 5.43. The van der Waals surface area contributed by atoms with Crippen LogP contribution in [0.25, 0.3) is 0 Å². The Morgan fingerprint density at radius 2 is 1.88 bits per heavy atom. The van der Waals surface area contributed by atoms with E-state index in [2.05, 4.69) is 44.6 Å². The molecule has 17 heavy (non-hydrogen) atoms. The summed E-state index contributed by atoms with van der Waals surface area (Å²) in [6.45, 7) is 11.8. The smallest absolute Gasteiger partial charge is 0.150 e. The Morgan fingerprint density at radius 1 is 1.29 bits per heavy atom. The number of aryl methyl sites for hydroxylation is 1. The minimum atomic E-state index is 0.366. The monoisotopic (exact) mass is 238 g/mol. The van der Waals surface area contributed by atoms with Crippen LogP contribution in [0.5, 0.6) is 0 Å². The van der Waals surface area contributed by atoms with Crippen LogP contribution < -0.4 is 10.6 Å². The SMILES string of the molecule is CCC(C)N(CC)c1c(N)c(C(C)C)nn1C. The van der Waals surface area contributed by atoms with Crippen molar-refractivity contribution in [3.63, 3.8) is 0 Å². The van der Waals surface area contributed by atoms with Gasteiger partial charge in [-0.3, -0.25) is 4.68 Å². The molecule has 0 saturated heterocycles. The van der Waals surface area contributed by atoms with Crippen LogP contribution in [-0.4, -0.2) is 22.4 Å². The van der Waals surface area contributed by atoms with E-state index in [1.807, 2.05) is 11.7 Å². The zero-order valence-corrected chi connectivity index (χ0v) is 12.0. The normalized spacial score (nSPS) is 13.1. The molecule has 98 valence electrons. The molecule has 0 aromatic carbocycles. The lowest BCUT2D eigenvalue weighted by atomic mass is 10.1. The van der Waals surface area contributed by atoms with Crippen LogP contribution in [0.4, 0.5) is 11.5 Å². The highest BCUT2D eigenvalue weighted by Crippen LogP contribution is 2.31. The zero-order chi connectivity index (χ0) is 13.2. The quantitative estimate of drug-likeness (QED) is 0.858. The topological polar surface area (TPSA) is 47.1 Å². The highest BCUT2D eigenvalue weighted by molar-refractivity contribution is 5.67. The molecule has 0 aliphatic rings. The lowest BCUT2D eigenvalue weighted by Gasteiger charge is -2.29. The van der Waals surface area contributed by atoms with E-state index in [0.717, 1.165) is 30.2 Å². The molecule has 0 bridgehead atoms. The number of hydrogen-bond donors (Lipinski definition) is 1. The highest BCUT2D eigenvalue weighted by Gasteiger charge is 2.22. The van der Waals surface area contributed by atoms with Gasteiger partial charge in [-0.2, -0.15) is 5.10 Å². The fraction of sp³-hybridized carbons (Fsp3) is 0.769. The van der Waals surface area contributed by atoms with Crippen LogP contribution in [0.15, 0.2) is 0 Å². The molecule has 1 rings (SSSR count). The number of hydrogen-bond acceptors (Lipinski definition) is 3. The molecular weight excluding hydrogens is 212 g/mol. The van der Waals surface area contributed by atoms with E-state index in [-0.39, 0.29) is 0 Å². The third kappa shape index (κ3) is 2.56. The maximum Gasteiger partial charge on any atom is 0.150 e. The molecule has 1 aromatic rings. The van der Waals surface area contributed by atoms with Gasteiger partial charge in [-0.1, -0.05) is 20.8 Å². The fourth-order valence-electron chi connectivity index (χ4n) is 2.21. The summed E-state index contributed by atoms with van der Waals surface area (Å²) in [5, 5.41) is 4.55. The van der Waals surface area contributed by atoms with Crippen LogP contribution in [-0.2, 0) is 7.05 Å². The fourth-order valence-corrected chi connectivity index (χ4v) is 2.21. The first kappa shape index (κ1) is 13.9. The van der Waals surface area contributed by atoms with Gasteiger partial charge in [-0.05, 0) is 26.2 Å². The summed E-state index contributed by atoms with van der Waals surface area (Å²) in [5.74, 6) is 1.43. The van der Waals surface area contributed by atoms with Crippen LogP contribution in [0.2, 0.25) is 0 Å². The second-order valence-corrected chi connectivity index (χ2v) is 4.94. The van der Waals surface area contributed by atoms with Crippen molar-refractivity contribution in [1.29, 1.82) is 0 Å². The van der Waals surface area contributed by atoms with Gasteiger partial charge < -0.3 is 10.6 Å². The molecule has 0 fully saturated rings. The van der Waals surface area contributed by atoms with E-state index >= 15 is 0 Å². The number of rotatable bonds is 5. The summed E-state index contributed by atoms with van der Waals surface area (Å²) in [5.41, 5.74) is 8.09. The Balaban J connectivity index is 3.20. The average molecular weight is 238 g/mol. The van der Waals surface area contributed by atoms with E-state index in [1.165, 1.54) is 0 Å². The minimum Gasteiger partial charge on any atom is -0.394 e. The van der Waals surface area contributed by atoms with Crippen LogP contribution in [0.1, 0.15) is 52.7 Å². The van der Waals surface area contributed by atoms with Crippen molar-refractivity contribution in [2.24, 2.45) is 7.05 Å². The minimum absolute atomic E-state index is 0.366. The van der Waals surface area contributed by atoms with Crippen molar-refractivity contribution >= 4 is 11.5 Å². The van der Waals surface area contributed by atoms with Gasteiger partial charge >= 0.3 is 0 Å². The second-order valence-electron chi connectivity index (χ2n) is 4.94. The molecule has 0 radical (unpaired) electrons. The summed E-state index contributed by atoms with van der Waals surface area (Å²) >= 11 is 0. The van der Waals surface area contributed by atoms with Gasteiger partial charge in [0.15, 0.2) is 5.82 Å². The summed E-state index contributed by atoms with van der Waals surface area (Å²) in [6, 6.07) is 0.484. The molecule has 4 heteroatoms. The average Bonchev–Trinajstić information content (AvgIpc) is 2.57. The molecule has 1 aromatic heterocycles. The Bertz CT molecular complexity index is 368. The number of aromatic nitrogens is 2. The van der Waals surface area contributed by atoms with Gasteiger partial charge in [0.25, 0.3) is 0 Å². The third-order valence-corrected chi connectivity index (χ3v) is 3.36. The lowest BCUT2D eigenvalue weighted by Crippen LogP contribution is -2.34. The molecular formula is C13H26N4. The molecule has 4 nitrogen and oxygen atoms in total. The van der Waals surface area contributed by atoms with E-state index in [0.29, 0.717) is 12.0 Å². The molecule has 0 aliphatic heterocycles. The van der Waals surface area contributed by atoms with Gasteiger partial charge in [-0.15, -0.1) is 0 Å². The van der Waals surface area contributed by atoms with Crippen molar-refractivity contribution in [2.75, 3.05) is 17.2 Å². The van der Waals surface area contributed by atoms with Gasteiger partial charge in [0.05, 0.1) is 11.4 Å². The molecule has 1 atom stereocenters. The first-order valence-corrected chi connectivity index (χ1v) is 6.52. The van der Waals surface area contributed by atoms with E-state index in [9.17, 15) is 0 Å². The Labute approximate surface area is 105 Å². The largest absolute Gasteiger partial charge is 0.394 e. The molecule has 0 amide bonds. The molecule has 0 aliphatic carbocycles. The Kier molecular flexibility index (Phi) is 4.43. The molecule has 0 spiro atoms. The maximum atomic E-state index is 6.25. The highest BCUT2D eigenvalue weighted by atomic mass is 15.4. The molecule has 1 unspecified atom stereocenters. The lowest BCUT2D eigenvalue weighted by molar-refractivity contribution is 0.599. The molecule has 1 heterocycles. The third-order valence-electron chi connectivity index (χ3n) is 3.36. The van der Waals surface area contributed by atoms with Crippen molar-refractivity contribution in [3.05, 3.63) is 5.69 Å². The zero-order valence-electron chi connectivity index (χ0n) is 12.0. The van der Waals surface area contributed by atoms with Gasteiger partial charge in [0, 0.05) is 19.6 Å². The summed E-state index contributed by atoms with van der Waals surface area (Å²) < 4.78 is 1.92. The van der Waals surface area contributed by atoms with Crippen molar-refractivity contribution < 1.29 is 0 Å².